The van der Waals surface area contributed by atoms with E-state index in [1.165, 1.54) is 0 Å². The standard InChI is InChI=1S/C5HCl2F2N/c6-2-1-3(8)10-5(9)4(2)7/h1H. The molecule has 0 fully saturated rings. The molecule has 0 radical (unpaired) electrons. The normalized spacial score (nSPS) is 10.0. The van der Waals surface area contributed by atoms with Crippen molar-refractivity contribution < 1.29 is 8.78 Å². The van der Waals surface area contributed by atoms with Crippen LogP contribution in [0.2, 0.25) is 10.0 Å². The first-order chi connectivity index (χ1) is 4.61. The van der Waals surface area contributed by atoms with Crippen molar-refractivity contribution in [2.75, 3.05) is 0 Å². The summed E-state index contributed by atoms with van der Waals surface area (Å²) in [7, 11) is 0. The zero-order chi connectivity index (χ0) is 7.72. The minimum atomic E-state index is -1.09. The van der Waals surface area contributed by atoms with Gasteiger partial charge >= 0.3 is 0 Å². The predicted octanol–water partition coefficient (Wildman–Crippen LogP) is 2.67. The Balaban J connectivity index is 3.31. The third-order valence-electron chi connectivity index (χ3n) is 0.842. The van der Waals surface area contributed by atoms with Gasteiger partial charge in [-0.3, -0.25) is 0 Å². The van der Waals surface area contributed by atoms with Gasteiger partial charge in [-0.05, 0) is 0 Å². The minimum Gasteiger partial charge on any atom is -0.189 e. The lowest BCUT2D eigenvalue weighted by molar-refractivity contribution is 0.513. The van der Waals surface area contributed by atoms with Crippen LogP contribution in [0.4, 0.5) is 8.78 Å². The van der Waals surface area contributed by atoms with Gasteiger partial charge in [0, 0.05) is 6.07 Å². The van der Waals surface area contributed by atoms with Crippen LogP contribution < -0.4 is 0 Å². The van der Waals surface area contributed by atoms with Gasteiger partial charge in [-0.2, -0.15) is 13.8 Å². The van der Waals surface area contributed by atoms with Crippen LogP contribution in [0.25, 0.3) is 0 Å². The molecule has 0 saturated carbocycles. The van der Waals surface area contributed by atoms with E-state index in [2.05, 4.69) is 4.98 Å². The van der Waals surface area contributed by atoms with E-state index >= 15 is 0 Å². The first-order valence-corrected chi connectivity index (χ1v) is 3.04. The van der Waals surface area contributed by atoms with Gasteiger partial charge in [-0.1, -0.05) is 23.2 Å². The van der Waals surface area contributed by atoms with Crippen LogP contribution in [0.3, 0.4) is 0 Å². The van der Waals surface area contributed by atoms with Crippen LogP contribution in [0.5, 0.6) is 0 Å². The summed E-state index contributed by atoms with van der Waals surface area (Å²) in [5.74, 6) is -2.07. The summed E-state index contributed by atoms with van der Waals surface area (Å²) < 4.78 is 24.4. The van der Waals surface area contributed by atoms with Crippen molar-refractivity contribution in [3.05, 3.63) is 28.0 Å². The molecule has 0 aromatic carbocycles. The zero-order valence-corrected chi connectivity index (χ0v) is 6.05. The van der Waals surface area contributed by atoms with Crippen molar-refractivity contribution in [1.29, 1.82) is 0 Å². The number of pyridine rings is 1. The Labute approximate surface area is 65.6 Å². The monoisotopic (exact) mass is 183 g/mol. The SMILES string of the molecule is Fc1cc(Cl)c(Cl)c(F)n1. The largest absolute Gasteiger partial charge is 0.235 e. The predicted molar refractivity (Wildman–Crippen MR) is 34.2 cm³/mol. The Hall–Kier alpha value is -0.410. The Morgan fingerprint density at radius 2 is 1.90 bits per heavy atom. The first-order valence-electron chi connectivity index (χ1n) is 2.28. The molecule has 1 heterocycles. The molecular weight excluding hydrogens is 183 g/mol. The van der Waals surface area contributed by atoms with Gasteiger partial charge in [0.2, 0.25) is 11.9 Å². The van der Waals surface area contributed by atoms with Gasteiger partial charge in [0.25, 0.3) is 0 Å². The summed E-state index contributed by atoms with van der Waals surface area (Å²) >= 11 is 10.5. The Bertz CT molecular complexity index is 241. The highest BCUT2D eigenvalue weighted by Crippen LogP contribution is 2.23. The lowest BCUT2D eigenvalue weighted by Gasteiger charge is -1.94. The fourth-order valence-corrected chi connectivity index (χ4v) is 0.706. The molecule has 1 aromatic heterocycles. The topological polar surface area (TPSA) is 12.9 Å². The number of hydrogen-bond donors (Lipinski definition) is 0. The Morgan fingerprint density at radius 1 is 1.30 bits per heavy atom. The fraction of sp³-hybridized carbons (Fsp3) is 0. The number of hydrogen-bond acceptors (Lipinski definition) is 1. The maximum Gasteiger partial charge on any atom is 0.235 e. The molecule has 0 aliphatic rings. The molecule has 0 aliphatic carbocycles. The zero-order valence-electron chi connectivity index (χ0n) is 4.54. The second-order valence-corrected chi connectivity index (χ2v) is 2.32. The average Bonchev–Trinajstić information content (AvgIpc) is 1.82. The van der Waals surface area contributed by atoms with Gasteiger partial charge in [0.15, 0.2) is 0 Å². The van der Waals surface area contributed by atoms with Crippen LogP contribution in [0.1, 0.15) is 0 Å². The van der Waals surface area contributed by atoms with Crippen molar-refractivity contribution >= 4 is 23.2 Å². The van der Waals surface area contributed by atoms with Gasteiger partial charge in [0.1, 0.15) is 5.02 Å². The van der Waals surface area contributed by atoms with Crippen molar-refractivity contribution in [2.45, 2.75) is 0 Å². The molecule has 0 atom stereocenters. The molecule has 0 bridgehead atoms. The van der Waals surface area contributed by atoms with Gasteiger partial charge in [0.05, 0.1) is 5.02 Å². The first kappa shape index (κ1) is 7.69. The third kappa shape index (κ3) is 1.36. The summed E-state index contributed by atoms with van der Waals surface area (Å²) in [5, 5.41) is -0.533. The second kappa shape index (κ2) is 2.68. The Kier molecular flexibility index (Phi) is 2.06. The number of nitrogens with zero attached hydrogens (tertiary/aromatic N) is 1. The van der Waals surface area contributed by atoms with Crippen LogP contribution in [0.15, 0.2) is 6.07 Å². The number of aromatic nitrogens is 1. The van der Waals surface area contributed by atoms with E-state index in [-0.39, 0.29) is 10.0 Å². The summed E-state index contributed by atoms with van der Waals surface area (Å²) in [6.45, 7) is 0. The van der Waals surface area contributed by atoms with Crippen LogP contribution in [-0.2, 0) is 0 Å². The molecule has 0 N–H and O–H groups in total. The van der Waals surface area contributed by atoms with Crippen molar-refractivity contribution in [3.63, 3.8) is 0 Å². The van der Waals surface area contributed by atoms with E-state index in [1.54, 1.807) is 0 Å². The fourth-order valence-electron chi connectivity index (χ4n) is 0.442. The van der Waals surface area contributed by atoms with Crippen molar-refractivity contribution in [2.24, 2.45) is 0 Å². The Morgan fingerprint density at radius 3 is 2.40 bits per heavy atom. The molecule has 10 heavy (non-hydrogen) atoms. The molecular formula is C5HCl2F2N. The summed E-state index contributed by atoms with van der Waals surface area (Å²) in [6.07, 6.45) is 0. The molecule has 0 spiro atoms. The highest BCUT2D eigenvalue weighted by atomic mass is 35.5. The lowest BCUT2D eigenvalue weighted by atomic mass is 10.5. The van der Waals surface area contributed by atoms with Gasteiger partial charge in [-0.25, -0.2) is 0 Å². The molecule has 0 aliphatic heterocycles. The third-order valence-corrected chi connectivity index (χ3v) is 1.60. The quantitative estimate of drug-likeness (QED) is 0.564. The lowest BCUT2D eigenvalue weighted by Crippen LogP contribution is -1.88. The van der Waals surface area contributed by atoms with E-state index < -0.39 is 11.9 Å². The van der Waals surface area contributed by atoms with Crippen molar-refractivity contribution in [3.8, 4) is 0 Å². The molecule has 1 aromatic rings. The highest BCUT2D eigenvalue weighted by molar-refractivity contribution is 6.41. The molecule has 0 unspecified atom stereocenters. The van der Waals surface area contributed by atoms with E-state index in [1.807, 2.05) is 0 Å². The van der Waals surface area contributed by atoms with Crippen LogP contribution in [-0.4, -0.2) is 4.98 Å². The summed E-state index contributed by atoms with van der Waals surface area (Å²) in [4.78, 5) is 2.78. The van der Waals surface area contributed by atoms with E-state index in [0.717, 1.165) is 6.07 Å². The van der Waals surface area contributed by atoms with Gasteiger partial charge in [-0.15, -0.1) is 0 Å². The maximum atomic E-state index is 12.3. The average molecular weight is 184 g/mol. The molecule has 0 saturated heterocycles. The maximum absolute atomic E-state index is 12.3. The van der Waals surface area contributed by atoms with E-state index in [9.17, 15) is 8.78 Å². The molecule has 0 amide bonds. The van der Waals surface area contributed by atoms with E-state index in [4.69, 9.17) is 23.2 Å². The van der Waals surface area contributed by atoms with Gasteiger partial charge < -0.3 is 0 Å². The van der Waals surface area contributed by atoms with E-state index in [0.29, 0.717) is 0 Å². The molecule has 54 valence electrons. The molecule has 1 rings (SSSR count). The molecule has 1 nitrogen and oxygen atoms in total. The van der Waals surface area contributed by atoms with Crippen LogP contribution in [0, 0.1) is 11.9 Å². The number of halogens is 4. The van der Waals surface area contributed by atoms with Crippen molar-refractivity contribution in [1.82, 2.24) is 4.98 Å². The molecule has 5 heteroatoms. The smallest absolute Gasteiger partial charge is 0.189 e. The highest BCUT2D eigenvalue weighted by Gasteiger charge is 2.07. The minimum absolute atomic E-state index is 0.174. The summed E-state index contributed by atoms with van der Waals surface area (Å²) in [5.41, 5.74) is 0. The summed E-state index contributed by atoms with van der Waals surface area (Å²) in [6, 6.07) is 0.840. The van der Waals surface area contributed by atoms with Crippen LogP contribution >= 0.6 is 23.2 Å². The number of rotatable bonds is 0. The second-order valence-electron chi connectivity index (χ2n) is 1.53.